The molecule has 2 amide bonds. The van der Waals surface area contributed by atoms with Gasteiger partial charge in [-0.3, -0.25) is 15.0 Å². The van der Waals surface area contributed by atoms with Crippen LogP contribution in [-0.2, 0) is 14.3 Å². The summed E-state index contributed by atoms with van der Waals surface area (Å²) in [5.74, 6) is -0.429. The van der Waals surface area contributed by atoms with Crippen LogP contribution in [-0.4, -0.2) is 24.4 Å². The van der Waals surface area contributed by atoms with Gasteiger partial charge in [0.15, 0.2) is 0 Å². The van der Waals surface area contributed by atoms with Crippen molar-refractivity contribution in [3.63, 3.8) is 0 Å². The van der Waals surface area contributed by atoms with Crippen LogP contribution in [0.4, 0.5) is 5.69 Å². The molecule has 0 atom stereocenters. The molecule has 1 saturated heterocycles. The van der Waals surface area contributed by atoms with Gasteiger partial charge in [-0.2, -0.15) is 0 Å². The highest BCUT2D eigenvalue weighted by atomic mass is 16.5. The first-order chi connectivity index (χ1) is 14.6. The molecule has 30 heavy (non-hydrogen) atoms. The van der Waals surface area contributed by atoms with Crippen molar-refractivity contribution < 1.29 is 23.5 Å². The molecule has 2 aromatic carbocycles. The standard InChI is InChI=1S/C23H18N2O5/c1-2-29-23(28)16-10-8-15(9-11-16)20-13-12-18(30-20)14-19-21(26)24-25(22(19)27)17-6-4-3-5-7-17/h3-14H,2H2,1H3,(H,24,26)/b19-14-. The highest BCUT2D eigenvalue weighted by molar-refractivity contribution is 6.31. The summed E-state index contributed by atoms with van der Waals surface area (Å²) < 4.78 is 10.7. The van der Waals surface area contributed by atoms with E-state index in [1.54, 1.807) is 67.6 Å². The zero-order chi connectivity index (χ0) is 21.1. The van der Waals surface area contributed by atoms with Gasteiger partial charge >= 0.3 is 5.97 Å². The summed E-state index contributed by atoms with van der Waals surface area (Å²) in [4.78, 5) is 36.7. The Hall–Kier alpha value is -4.13. The summed E-state index contributed by atoms with van der Waals surface area (Å²) in [6, 6.07) is 19.0. The smallest absolute Gasteiger partial charge is 0.338 e. The van der Waals surface area contributed by atoms with E-state index in [9.17, 15) is 14.4 Å². The number of benzene rings is 2. The lowest BCUT2D eigenvalue weighted by Crippen LogP contribution is -2.35. The lowest BCUT2D eigenvalue weighted by atomic mass is 10.1. The molecular formula is C23H18N2O5. The van der Waals surface area contributed by atoms with Crippen LogP contribution < -0.4 is 10.4 Å². The molecule has 150 valence electrons. The Balaban J connectivity index is 1.54. The number of carbonyl (C=O) groups excluding carboxylic acids is 3. The molecule has 1 aliphatic heterocycles. The summed E-state index contributed by atoms with van der Waals surface area (Å²) in [6.45, 7) is 2.06. The third kappa shape index (κ3) is 3.73. The lowest BCUT2D eigenvalue weighted by molar-refractivity contribution is -0.117. The molecule has 7 nitrogen and oxygen atoms in total. The van der Waals surface area contributed by atoms with E-state index < -0.39 is 11.8 Å². The number of para-hydroxylation sites is 1. The maximum Gasteiger partial charge on any atom is 0.338 e. The van der Waals surface area contributed by atoms with Crippen molar-refractivity contribution in [1.82, 2.24) is 5.43 Å². The van der Waals surface area contributed by atoms with E-state index >= 15 is 0 Å². The van der Waals surface area contributed by atoms with Gasteiger partial charge in [0.25, 0.3) is 11.8 Å². The summed E-state index contributed by atoms with van der Waals surface area (Å²) in [7, 11) is 0. The van der Waals surface area contributed by atoms with E-state index in [1.807, 2.05) is 6.07 Å². The Morgan fingerprint density at radius 3 is 2.47 bits per heavy atom. The minimum Gasteiger partial charge on any atom is -0.462 e. The van der Waals surface area contributed by atoms with Crippen molar-refractivity contribution in [1.29, 1.82) is 0 Å². The Morgan fingerprint density at radius 1 is 1.03 bits per heavy atom. The van der Waals surface area contributed by atoms with Gasteiger partial charge in [-0.05, 0) is 49.4 Å². The van der Waals surface area contributed by atoms with Gasteiger partial charge in [0.05, 0.1) is 17.9 Å². The van der Waals surface area contributed by atoms with Crippen LogP contribution in [0.15, 0.2) is 76.7 Å². The number of nitrogens with one attached hydrogen (secondary N) is 1. The quantitative estimate of drug-likeness (QED) is 0.400. The van der Waals surface area contributed by atoms with Crippen LogP contribution in [0.1, 0.15) is 23.0 Å². The molecule has 1 N–H and O–H groups in total. The SMILES string of the molecule is CCOC(=O)c1ccc(-c2ccc(/C=C3/C(=O)NN(c4ccccc4)C3=O)o2)cc1. The highest BCUT2D eigenvalue weighted by Gasteiger charge is 2.34. The van der Waals surface area contributed by atoms with Gasteiger partial charge in [0.1, 0.15) is 17.1 Å². The van der Waals surface area contributed by atoms with Gasteiger partial charge in [-0.1, -0.05) is 30.3 Å². The topological polar surface area (TPSA) is 88.9 Å². The number of nitrogens with zero attached hydrogens (tertiary/aromatic N) is 1. The van der Waals surface area contributed by atoms with Crippen LogP contribution >= 0.6 is 0 Å². The number of rotatable bonds is 5. The van der Waals surface area contributed by atoms with Crippen molar-refractivity contribution in [3.05, 3.63) is 83.6 Å². The van der Waals surface area contributed by atoms with Crippen molar-refractivity contribution in [3.8, 4) is 11.3 Å². The molecule has 0 aliphatic carbocycles. The summed E-state index contributed by atoms with van der Waals surface area (Å²) >= 11 is 0. The first-order valence-electron chi connectivity index (χ1n) is 9.36. The van der Waals surface area contributed by atoms with Gasteiger partial charge in [-0.25, -0.2) is 9.80 Å². The lowest BCUT2D eigenvalue weighted by Gasteiger charge is -2.13. The molecule has 0 saturated carbocycles. The fraction of sp³-hybridized carbons (Fsp3) is 0.0870. The Labute approximate surface area is 172 Å². The average Bonchev–Trinajstić information content (AvgIpc) is 3.35. The molecule has 3 aromatic rings. The number of furan rings is 1. The first kappa shape index (κ1) is 19.2. The van der Waals surface area contributed by atoms with E-state index in [2.05, 4.69) is 5.43 Å². The second kappa shape index (κ2) is 8.08. The molecule has 4 rings (SSSR count). The molecule has 2 heterocycles. The minimum absolute atomic E-state index is 0.0163. The van der Waals surface area contributed by atoms with E-state index in [0.717, 1.165) is 5.56 Å². The van der Waals surface area contributed by atoms with Gasteiger partial charge < -0.3 is 9.15 Å². The van der Waals surface area contributed by atoms with Crippen LogP contribution in [0.2, 0.25) is 0 Å². The Bertz CT molecular complexity index is 1130. The van der Waals surface area contributed by atoms with Crippen LogP contribution in [0.25, 0.3) is 17.4 Å². The van der Waals surface area contributed by atoms with Crippen molar-refractivity contribution in [2.45, 2.75) is 6.92 Å². The fourth-order valence-corrected chi connectivity index (χ4v) is 3.03. The maximum absolute atomic E-state index is 12.6. The molecule has 0 spiro atoms. The van der Waals surface area contributed by atoms with Crippen molar-refractivity contribution in [2.75, 3.05) is 11.6 Å². The predicted molar refractivity (Wildman–Crippen MR) is 110 cm³/mol. The summed E-state index contributed by atoms with van der Waals surface area (Å²) in [5.41, 5.74) is 4.30. The predicted octanol–water partition coefficient (Wildman–Crippen LogP) is 3.58. The maximum atomic E-state index is 12.6. The number of carbonyl (C=O) groups is 3. The molecule has 0 bridgehead atoms. The largest absolute Gasteiger partial charge is 0.462 e. The van der Waals surface area contributed by atoms with Crippen molar-refractivity contribution in [2.24, 2.45) is 0 Å². The third-order valence-corrected chi connectivity index (χ3v) is 4.50. The number of amides is 2. The first-order valence-corrected chi connectivity index (χ1v) is 9.36. The second-order valence-electron chi connectivity index (χ2n) is 6.47. The number of hydrogen-bond donors (Lipinski definition) is 1. The summed E-state index contributed by atoms with van der Waals surface area (Å²) in [5, 5.41) is 1.20. The monoisotopic (exact) mass is 402 g/mol. The molecule has 7 heteroatoms. The zero-order valence-corrected chi connectivity index (χ0v) is 16.1. The molecule has 0 unspecified atom stereocenters. The molecule has 0 radical (unpaired) electrons. The van der Waals surface area contributed by atoms with Crippen LogP contribution in [0.5, 0.6) is 0 Å². The van der Waals surface area contributed by atoms with E-state index in [4.69, 9.17) is 9.15 Å². The zero-order valence-electron chi connectivity index (χ0n) is 16.1. The van der Waals surface area contributed by atoms with Gasteiger partial charge in [0.2, 0.25) is 0 Å². The fourth-order valence-electron chi connectivity index (χ4n) is 3.03. The molecular weight excluding hydrogens is 384 g/mol. The number of ether oxygens (including phenoxy) is 1. The molecule has 1 fully saturated rings. The third-order valence-electron chi connectivity index (χ3n) is 4.50. The summed E-state index contributed by atoms with van der Waals surface area (Å²) in [6.07, 6.45) is 1.41. The van der Waals surface area contributed by atoms with Crippen molar-refractivity contribution >= 4 is 29.5 Å². The minimum atomic E-state index is -0.499. The van der Waals surface area contributed by atoms with E-state index in [1.165, 1.54) is 11.1 Å². The Morgan fingerprint density at radius 2 is 1.77 bits per heavy atom. The average molecular weight is 402 g/mol. The van der Waals surface area contributed by atoms with E-state index in [0.29, 0.717) is 29.4 Å². The van der Waals surface area contributed by atoms with Gasteiger partial charge in [-0.15, -0.1) is 0 Å². The number of hydrogen-bond acceptors (Lipinski definition) is 5. The second-order valence-corrected chi connectivity index (χ2v) is 6.47. The highest BCUT2D eigenvalue weighted by Crippen LogP contribution is 2.26. The number of anilines is 1. The molecule has 1 aliphatic rings. The van der Waals surface area contributed by atoms with Crippen LogP contribution in [0, 0.1) is 0 Å². The van der Waals surface area contributed by atoms with Crippen LogP contribution in [0.3, 0.4) is 0 Å². The molecule has 1 aromatic heterocycles. The van der Waals surface area contributed by atoms with Gasteiger partial charge in [0, 0.05) is 5.56 Å². The number of esters is 1. The Kier molecular flexibility index (Phi) is 5.17. The van der Waals surface area contributed by atoms with E-state index in [-0.39, 0.29) is 11.5 Å². The number of hydrazine groups is 1. The normalized spacial score (nSPS) is 14.8.